The van der Waals surface area contributed by atoms with E-state index < -0.39 is 5.91 Å². The van der Waals surface area contributed by atoms with Crippen molar-refractivity contribution in [3.63, 3.8) is 0 Å². The predicted octanol–water partition coefficient (Wildman–Crippen LogP) is 2.60. The maximum atomic E-state index is 12.8. The number of carbonyl (C=O) groups excluding carboxylic acids is 2. The number of hydrogen-bond acceptors (Lipinski definition) is 3. The third-order valence-electron chi connectivity index (χ3n) is 3.46. The second-order valence-electron chi connectivity index (χ2n) is 5.50. The van der Waals surface area contributed by atoms with Gasteiger partial charge in [-0.25, -0.2) is 0 Å². The van der Waals surface area contributed by atoms with Crippen molar-refractivity contribution in [1.29, 1.82) is 0 Å². The van der Waals surface area contributed by atoms with Gasteiger partial charge in [-0.05, 0) is 30.2 Å². The molecule has 0 spiro atoms. The lowest BCUT2D eigenvalue weighted by atomic mass is 10.1. The number of hydrogen-bond donors (Lipinski definition) is 1. The average Bonchev–Trinajstić information content (AvgIpc) is 2.60. The summed E-state index contributed by atoms with van der Waals surface area (Å²) in [6.07, 6.45) is 0.871. The molecule has 5 heteroatoms. The Bertz CT molecular complexity index is 686. The van der Waals surface area contributed by atoms with Crippen LogP contribution in [-0.4, -0.2) is 29.9 Å². The van der Waals surface area contributed by atoms with E-state index in [-0.39, 0.29) is 12.5 Å². The Morgan fingerprint density at radius 3 is 2.50 bits per heavy atom. The fourth-order valence-corrected chi connectivity index (χ4v) is 2.38. The Morgan fingerprint density at radius 2 is 1.83 bits per heavy atom. The number of amides is 2. The van der Waals surface area contributed by atoms with E-state index in [9.17, 15) is 9.59 Å². The zero-order valence-corrected chi connectivity index (χ0v) is 13.8. The molecule has 0 radical (unpaired) electrons. The van der Waals surface area contributed by atoms with E-state index in [1.807, 2.05) is 42.2 Å². The first-order valence-corrected chi connectivity index (χ1v) is 7.94. The van der Waals surface area contributed by atoms with Gasteiger partial charge in [0.05, 0.1) is 0 Å². The van der Waals surface area contributed by atoms with Crippen LogP contribution in [0.4, 0.5) is 0 Å². The molecule has 0 aliphatic heterocycles. The minimum absolute atomic E-state index is 0.0646. The highest BCUT2D eigenvalue weighted by Gasteiger charge is 2.16. The normalized spacial score (nSPS) is 10.2. The van der Waals surface area contributed by atoms with Crippen LogP contribution in [0.2, 0.25) is 0 Å². The topological polar surface area (TPSA) is 72.6 Å². The van der Waals surface area contributed by atoms with Crippen molar-refractivity contribution in [1.82, 2.24) is 4.90 Å². The third-order valence-corrected chi connectivity index (χ3v) is 3.46. The lowest BCUT2D eigenvalue weighted by Gasteiger charge is -2.22. The van der Waals surface area contributed by atoms with Crippen molar-refractivity contribution in [2.24, 2.45) is 5.73 Å². The molecule has 0 aliphatic rings. The lowest BCUT2D eigenvalue weighted by Crippen LogP contribution is -2.31. The Morgan fingerprint density at radius 1 is 1.08 bits per heavy atom. The maximum Gasteiger partial charge on any atom is 0.255 e. The van der Waals surface area contributed by atoms with Crippen LogP contribution in [-0.2, 0) is 11.3 Å². The first-order chi connectivity index (χ1) is 11.6. The van der Waals surface area contributed by atoms with Gasteiger partial charge in [-0.3, -0.25) is 9.59 Å². The highest BCUT2D eigenvalue weighted by atomic mass is 16.5. The molecule has 2 N–H and O–H groups in total. The van der Waals surface area contributed by atoms with Gasteiger partial charge in [-0.2, -0.15) is 0 Å². The standard InChI is InChI=1S/C19H22N2O3/c1-2-11-21(13-15-7-4-3-5-8-15)19(23)16-9-6-10-17(12-16)24-14-18(20)22/h3-10,12H,2,11,13-14H2,1H3,(H2,20,22). The van der Waals surface area contributed by atoms with Gasteiger partial charge in [-0.1, -0.05) is 43.3 Å². The van der Waals surface area contributed by atoms with Gasteiger partial charge in [0, 0.05) is 18.7 Å². The van der Waals surface area contributed by atoms with Crippen molar-refractivity contribution >= 4 is 11.8 Å². The summed E-state index contributed by atoms with van der Waals surface area (Å²) in [5, 5.41) is 0. The maximum absolute atomic E-state index is 12.8. The van der Waals surface area contributed by atoms with Gasteiger partial charge >= 0.3 is 0 Å². The Labute approximate surface area is 142 Å². The van der Waals surface area contributed by atoms with E-state index in [1.165, 1.54) is 0 Å². The van der Waals surface area contributed by atoms with E-state index in [1.54, 1.807) is 24.3 Å². The number of rotatable bonds is 8. The largest absolute Gasteiger partial charge is 0.484 e. The molecule has 0 aliphatic carbocycles. The lowest BCUT2D eigenvalue weighted by molar-refractivity contribution is -0.119. The van der Waals surface area contributed by atoms with E-state index in [2.05, 4.69) is 0 Å². The quantitative estimate of drug-likeness (QED) is 0.810. The fraction of sp³-hybridized carbons (Fsp3) is 0.263. The van der Waals surface area contributed by atoms with E-state index in [0.29, 0.717) is 24.4 Å². The first-order valence-electron chi connectivity index (χ1n) is 7.94. The zero-order valence-electron chi connectivity index (χ0n) is 13.8. The van der Waals surface area contributed by atoms with Crippen molar-refractivity contribution in [3.8, 4) is 5.75 Å². The van der Waals surface area contributed by atoms with Gasteiger partial charge in [0.15, 0.2) is 6.61 Å². The molecule has 0 bridgehead atoms. The summed E-state index contributed by atoms with van der Waals surface area (Å²) in [5.74, 6) is -0.163. The van der Waals surface area contributed by atoms with Crippen LogP contribution in [0.25, 0.3) is 0 Å². The monoisotopic (exact) mass is 326 g/mol. The van der Waals surface area contributed by atoms with Crippen molar-refractivity contribution in [3.05, 3.63) is 65.7 Å². The summed E-state index contributed by atoms with van der Waals surface area (Å²) in [5.41, 5.74) is 6.69. The van der Waals surface area contributed by atoms with Crippen molar-refractivity contribution in [2.45, 2.75) is 19.9 Å². The molecule has 0 unspecified atom stereocenters. The van der Waals surface area contributed by atoms with Gasteiger partial charge in [0.2, 0.25) is 0 Å². The van der Waals surface area contributed by atoms with Crippen LogP contribution >= 0.6 is 0 Å². The van der Waals surface area contributed by atoms with Crippen LogP contribution in [0.3, 0.4) is 0 Å². The van der Waals surface area contributed by atoms with Gasteiger partial charge < -0.3 is 15.4 Å². The van der Waals surface area contributed by atoms with Crippen molar-refractivity contribution in [2.75, 3.05) is 13.2 Å². The number of nitrogens with zero attached hydrogens (tertiary/aromatic N) is 1. The van der Waals surface area contributed by atoms with E-state index >= 15 is 0 Å². The number of ether oxygens (including phenoxy) is 1. The SMILES string of the molecule is CCCN(Cc1ccccc1)C(=O)c1cccc(OCC(N)=O)c1. The summed E-state index contributed by atoms with van der Waals surface area (Å²) in [6.45, 7) is 3.05. The van der Waals surface area contributed by atoms with Crippen LogP contribution in [0.5, 0.6) is 5.75 Å². The molecule has 2 amide bonds. The Balaban J connectivity index is 2.14. The van der Waals surface area contributed by atoms with Gasteiger partial charge in [0.25, 0.3) is 11.8 Å². The number of benzene rings is 2. The molecule has 0 saturated heterocycles. The molecule has 126 valence electrons. The average molecular weight is 326 g/mol. The summed E-state index contributed by atoms with van der Waals surface area (Å²) >= 11 is 0. The van der Waals surface area contributed by atoms with Crippen LogP contribution < -0.4 is 10.5 Å². The summed E-state index contributed by atoms with van der Waals surface area (Å²) in [4.78, 5) is 25.4. The minimum atomic E-state index is -0.552. The summed E-state index contributed by atoms with van der Waals surface area (Å²) in [6, 6.07) is 16.7. The number of carbonyl (C=O) groups is 2. The molecular formula is C19H22N2O3. The molecule has 0 aromatic heterocycles. The molecule has 2 aromatic carbocycles. The molecule has 2 rings (SSSR count). The molecule has 24 heavy (non-hydrogen) atoms. The molecule has 2 aromatic rings. The smallest absolute Gasteiger partial charge is 0.255 e. The summed E-state index contributed by atoms with van der Waals surface area (Å²) < 4.78 is 5.27. The molecule has 5 nitrogen and oxygen atoms in total. The molecule has 0 fully saturated rings. The van der Waals surface area contributed by atoms with Crippen LogP contribution in [0, 0.1) is 0 Å². The third kappa shape index (κ3) is 5.12. The highest BCUT2D eigenvalue weighted by molar-refractivity contribution is 5.94. The Hall–Kier alpha value is -2.82. The second-order valence-corrected chi connectivity index (χ2v) is 5.50. The molecule has 0 saturated carbocycles. The summed E-state index contributed by atoms with van der Waals surface area (Å²) in [7, 11) is 0. The minimum Gasteiger partial charge on any atom is -0.484 e. The molecule has 0 heterocycles. The number of nitrogens with two attached hydrogens (primary N) is 1. The van der Waals surface area contributed by atoms with Crippen molar-refractivity contribution < 1.29 is 14.3 Å². The molecular weight excluding hydrogens is 304 g/mol. The first kappa shape index (κ1) is 17.5. The van der Waals surface area contributed by atoms with Crippen LogP contribution in [0.1, 0.15) is 29.3 Å². The zero-order chi connectivity index (χ0) is 17.4. The number of primary amides is 1. The highest BCUT2D eigenvalue weighted by Crippen LogP contribution is 2.16. The predicted molar refractivity (Wildman–Crippen MR) is 92.6 cm³/mol. The van der Waals surface area contributed by atoms with Gasteiger partial charge in [0.1, 0.15) is 5.75 Å². The fourth-order valence-electron chi connectivity index (χ4n) is 2.38. The molecule has 0 atom stereocenters. The Kier molecular flexibility index (Phi) is 6.37. The van der Waals surface area contributed by atoms with E-state index in [0.717, 1.165) is 12.0 Å². The second kappa shape index (κ2) is 8.72. The van der Waals surface area contributed by atoms with Crippen LogP contribution in [0.15, 0.2) is 54.6 Å². The van der Waals surface area contributed by atoms with E-state index in [4.69, 9.17) is 10.5 Å². The van der Waals surface area contributed by atoms with Gasteiger partial charge in [-0.15, -0.1) is 0 Å².